The van der Waals surface area contributed by atoms with Gasteiger partial charge in [-0.05, 0) is 61.2 Å². The Kier molecular flexibility index (Phi) is 6.07. The zero-order valence-corrected chi connectivity index (χ0v) is 19.3. The predicted octanol–water partition coefficient (Wildman–Crippen LogP) is 4.59. The van der Waals surface area contributed by atoms with Crippen LogP contribution in [0, 0.1) is 0 Å². The van der Waals surface area contributed by atoms with Crippen molar-refractivity contribution in [1.29, 1.82) is 0 Å². The quantitative estimate of drug-likeness (QED) is 0.534. The number of halogens is 3. The molecule has 5 rings (SSSR count). The Hall–Kier alpha value is -4.02. The number of benzene rings is 2. The van der Waals surface area contributed by atoms with Crippen molar-refractivity contribution >= 4 is 17.7 Å². The summed E-state index contributed by atoms with van der Waals surface area (Å²) >= 11 is 0. The molecule has 8 nitrogen and oxygen atoms in total. The largest absolute Gasteiger partial charge is 0.573 e. The van der Waals surface area contributed by atoms with Crippen molar-refractivity contribution in [2.45, 2.75) is 38.7 Å². The lowest BCUT2D eigenvalue weighted by atomic mass is 9.99. The maximum absolute atomic E-state index is 12.5. The zero-order valence-electron chi connectivity index (χ0n) is 19.3. The number of hydrogen-bond donors (Lipinski definition) is 2. The van der Waals surface area contributed by atoms with Gasteiger partial charge >= 0.3 is 12.5 Å². The zero-order chi connectivity index (χ0) is 25.4. The summed E-state index contributed by atoms with van der Waals surface area (Å²) in [7, 11) is 0. The number of ether oxygens (including phenoxy) is 2. The Balaban J connectivity index is 1.43. The highest BCUT2D eigenvalue weighted by molar-refractivity contribution is 5.91. The van der Waals surface area contributed by atoms with Crippen molar-refractivity contribution in [1.82, 2.24) is 15.5 Å². The number of aromatic nitrogens is 2. The van der Waals surface area contributed by atoms with E-state index >= 15 is 0 Å². The van der Waals surface area contributed by atoms with Crippen LogP contribution in [-0.4, -0.2) is 47.8 Å². The van der Waals surface area contributed by atoms with Crippen LogP contribution in [-0.2, 0) is 22.4 Å². The summed E-state index contributed by atoms with van der Waals surface area (Å²) in [5, 5.41) is 10.2. The molecule has 0 bridgehead atoms. The van der Waals surface area contributed by atoms with Gasteiger partial charge in [-0.15, -0.1) is 13.2 Å². The first kappa shape index (κ1) is 23.7. The molecular weight excluding hydrogens is 477 g/mol. The summed E-state index contributed by atoms with van der Waals surface area (Å²) in [6.07, 6.45) is -3.25. The molecule has 0 saturated carbocycles. The van der Waals surface area contributed by atoms with Crippen molar-refractivity contribution in [3.63, 3.8) is 0 Å². The summed E-state index contributed by atoms with van der Waals surface area (Å²) in [6.45, 7) is 1.95. The molecule has 0 radical (unpaired) electrons. The Morgan fingerprint density at radius 2 is 2.00 bits per heavy atom. The van der Waals surface area contributed by atoms with Crippen LogP contribution in [0.5, 0.6) is 5.75 Å². The van der Waals surface area contributed by atoms with Gasteiger partial charge in [0.15, 0.2) is 0 Å². The minimum absolute atomic E-state index is 0.195. The molecule has 1 saturated heterocycles. The number of H-pyrrole nitrogens is 1. The van der Waals surface area contributed by atoms with Gasteiger partial charge in [-0.1, -0.05) is 6.07 Å². The van der Waals surface area contributed by atoms with Crippen LogP contribution in [0.3, 0.4) is 0 Å². The number of anilines is 1. The molecule has 2 N–H and O–H groups in total. The van der Waals surface area contributed by atoms with E-state index in [9.17, 15) is 22.8 Å². The van der Waals surface area contributed by atoms with Gasteiger partial charge in [0.05, 0.1) is 24.5 Å². The third-order valence-corrected chi connectivity index (χ3v) is 6.23. The first-order valence-corrected chi connectivity index (χ1v) is 11.5. The number of hydrogen-bond acceptors (Lipinski definition) is 5. The molecule has 2 heterocycles. The van der Waals surface area contributed by atoms with Crippen LogP contribution >= 0.6 is 0 Å². The normalized spacial score (nSPS) is 17.2. The number of amides is 2. The summed E-state index contributed by atoms with van der Waals surface area (Å²) in [4.78, 5) is 25.2. The fourth-order valence-corrected chi connectivity index (χ4v) is 4.62. The van der Waals surface area contributed by atoms with Crippen molar-refractivity contribution in [3.05, 3.63) is 53.6 Å². The first-order valence-electron chi connectivity index (χ1n) is 11.5. The van der Waals surface area contributed by atoms with Crippen molar-refractivity contribution in [2.75, 3.05) is 18.0 Å². The minimum atomic E-state index is -4.75. The molecule has 2 aromatic carbocycles. The number of nitrogens with zero attached hydrogens (tertiary/aromatic N) is 2. The molecule has 188 valence electrons. The smallest absolute Gasteiger partial charge is 0.442 e. The fourth-order valence-electron chi connectivity index (χ4n) is 4.62. The van der Waals surface area contributed by atoms with Gasteiger partial charge in [-0.3, -0.25) is 14.8 Å². The molecule has 36 heavy (non-hydrogen) atoms. The van der Waals surface area contributed by atoms with Crippen LogP contribution < -0.4 is 15.0 Å². The summed E-state index contributed by atoms with van der Waals surface area (Å²) in [5.41, 5.74) is 5.79. The van der Waals surface area contributed by atoms with E-state index in [1.807, 2.05) is 18.2 Å². The summed E-state index contributed by atoms with van der Waals surface area (Å²) in [6, 6.07) is 11.4. The van der Waals surface area contributed by atoms with Gasteiger partial charge in [0.25, 0.3) is 0 Å². The van der Waals surface area contributed by atoms with E-state index < -0.39 is 18.6 Å². The molecule has 1 atom stereocenters. The van der Waals surface area contributed by atoms with Crippen LogP contribution in [0.15, 0.2) is 42.5 Å². The van der Waals surface area contributed by atoms with Crippen LogP contribution in [0.4, 0.5) is 23.7 Å². The number of alkyl halides is 3. The monoisotopic (exact) mass is 500 g/mol. The van der Waals surface area contributed by atoms with Gasteiger partial charge in [0, 0.05) is 29.3 Å². The molecule has 11 heteroatoms. The molecule has 1 aliphatic carbocycles. The van der Waals surface area contributed by atoms with E-state index in [2.05, 4.69) is 20.3 Å². The molecule has 0 unspecified atom stereocenters. The maximum Gasteiger partial charge on any atom is 0.573 e. The first-order chi connectivity index (χ1) is 17.2. The molecule has 1 aliphatic heterocycles. The number of nitrogens with one attached hydrogen (secondary N) is 2. The highest BCUT2D eigenvalue weighted by atomic mass is 19.4. The van der Waals surface area contributed by atoms with Crippen molar-refractivity contribution < 1.29 is 32.2 Å². The minimum Gasteiger partial charge on any atom is -0.442 e. The lowest BCUT2D eigenvalue weighted by Gasteiger charge is -2.16. The van der Waals surface area contributed by atoms with E-state index in [1.54, 1.807) is 12.1 Å². The third-order valence-electron chi connectivity index (χ3n) is 6.23. The standard InChI is InChI=1S/C25H23F3N4O4/c1-14(33)29-12-19-13-32(24(34)35-19)17-8-5-15-3-2-4-20-22(30-31-23(20)21(15)11-17)16-6-9-18(10-7-16)36-25(26,27)28/h5-11,19H,2-4,12-13H2,1H3,(H,29,33)(H,30,31)/t19-/m0/s1. The molecule has 2 aliphatic rings. The Morgan fingerprint density at radius 1 is 1.22 bits per heavy atom. The van der Waals surface area contributed by atoms with E-state index in [-0.39, 0.29) is 18.2 Å². The van der Waals surface area contributed by atoms with E-state index in [1.165, 1.54) is 24.0 Å². The van der Waals surface area contributed by atoms with Crippen molar-refractivity contribution in [2.24, 2.45) is 0 Å². The molecular formula is C25H23F3N4O4. The topological polar surface area (TPSA) is 96.5 Å². The number of cyclic esters (lactones) is 1. The Labute approximate surface area is 204 Å². The highest BCUT2D eigenvalue weighted by Crippen LogP contribution is 2.39. The summed E-state index contributed by atoms with van der Waals surface area (Å²) < 4.78 is 46.9. The number of fused-ring (bicyclic) bond motifs is 3. The lowest BCUT2D eigenvalue weighted by molar-refractivity contribution is -0.274. The second kappa shape index (κ2) is 9.21. The van der Waals surface area contributed by atoms with E-state index in [4.69, 9.17) is 4.74 Å². The average Bonchev–Trinajstić information content (AvgIpc) is 3.36. The van der Waals surface area contributed by atoms with Gasteiger partial charge < -0.3 is 14.8 Å². The number of aryl methyl sites for hydroxylation is 1. The third kappa shape index (κ3) is 4.86. The lowest BCUT2D eigenvalue weighted by Crippen LogP contribution is -2.33. The summed E-state index contributed by atoms with van der Waals surface area (Å²) in [5.74, 6) is -0.489. The van der Waals surface area contributed by atoms with Crippen molar-refractivity contribution in [3.8, 4) is 28.3 Å². The van der Waals surface area contributed by atoms with Crippen LogP contribution in [0.1, 0.15) is 24.5 Å². The Bertz CT molecular complexity index is 1300. The van der Waals surface area contributed by atoms with Gasteiger partial charge in [-0.2, -0.15) is 5.10 Å². The average molecular weight is 500 g/mol. The van der Waals surface area contributed by atoms with Crippen LogP contribution in [0.25, 0.3) is 22.5 Å². The van der Waals surface area contributed by atoms with Gasteiger partial charge in [0.1, 0.15) is 11.9 Å². The predicted molar refractivity (Wildman–Crippen MR) is 124 cm³/mol. The number of aromatic amines is 1. The number of carbonyl (C=O) groups excluding carboxylic acids is 2. The second-order valence-electron chi connectivity index (χ2n) is 8.75. The SMILES string of the molecule is CC(=O)NC[C@H]1CN(c2ccc3c(c2)-c2[nH]nc(-c4ccc(OC(F)(F)F)cc4)c2CCC3)C(=O)O1. The number of rotatable bonds is 5. The molecule has 1 aromatic heterocycles. The molecule has 0 spiro atoms. The van der Waals surface area contributed by atoms with Gasteiger partial charge in [-0.25, -0.2) is 4.79 Å². The second-order valence-corrected chi connectivity index (χ2v) is 8.75. The highest BCUT2D eigenvalue weighted by Gasteiger charge is 2.33. The Morgan fingerprint density at radius 3 is 2.72 bits per heavy atom. The molecule has 3 aromatic rings. The van der Waals surface area contributed by atoms with E-state index in [0.29, 0.717) is 23.5 Å². The molecule has 2 amide bonds. The fraction of sp³-hybridized carbons (Fsp3) is 0.320. The van der Waals surface area contributed by atoms with Crippen LogP contribution in [0.2, 0.25) is 0 Å². The van der Waals surface area contributed by atoms with Gasteiger partial charge in [0.2, 0.25) is 5.91 Å². The number of carbonyl (C=O) groups is 2. The molecule has 1 fully saturated rings. The van der Waals surface area contributed by atoms with E-state index in [0.717, 1.165) is 41.6 Å². The maximum atomic E-state index is 12.5.